The van der Waals surface area contributed by atoms with Crippen LogP contribution in [-0.4, -0.2) is 39.7 Å². The van der Waals surface area contributed by atoms with Crippen LogP contribution < -0.4 is 10.3 Å². The Kier molecular flexibility index (Phi) is 5.48. The Morgan fingerprint density at radius 3 is 2.45 bits per heavy atom. The Balaban J connectivity index is 1.35. The molecule has 1 aromatic heterocycles. The molecular formula is C25H28FN3O2. The van der Waals surface area contributed by atoms with Crippen LogP contribution in [0.25, 0.3) is 16.6 Å². The third kappa shape index (κ3) is 3.85. The average Bonchev–Trinajstić information content (AvgIpc) is 2.74. The first-order valence-corrected chi connectivity index (χ1v) is 11.4. The van der Waals surface area contributed by atoms with Crippen LogP contribution >= 0.6 is 0 Å². The molecule has 5 nitrogen and oxygen atoms in total. The van der Waals surface area contributed by atoms with E-state index in [1.807, 2.05) is 31.2 Å². The lowest BCUT2D eigenvalue weighted by molar-refractivity contribution is 0.0493. The van der Waals surface area contributed by atoms with E-state index < -0.39 is 5.82 Å². The van der Waals surface area contributed by atoms with Gasteiger partial charge in [0.2, 0.25) is 0 Å². The lowest BCUT2D eigenvalue weighted by atomic mass is 9.90. The van der Waals surface area contributed by atoms with E-state index >= 15 is 0 Å². The number of hydrogen-bond donors (Lipinski definition) is 0. The van der Waals surface area contributed by atoms with Crippen molar-refractivity contribution in [3.8, 4) is 11.4 Å². The van der Waals surface area contributed by atoms with E-state index in [1.54, 1.807) is 12.1 Å². The van der Waals surface area contributed by atoms with Gasteiger partial charge in [-0.3, -0.25) is 9.36 Å². The van der Waals surface area contributed by atoms with Gasteiger partial charge in [-0.15, -0.1) is 0 Å². The quantitative estimate of drug-likeness (QED) is 0.609. The fourth-order valence-corrected chi connectivity index (χ4v) is 4.72. The number of rotatable bonds is 5. The summed E-state index contributed by atoms with van der Waals surface area (Å²) in [5, 5.41) is 0.0262. The summed E-state index contributed by atoms with van der Waals surface area (Å²) >= 11 is 0. The SMILES string of the molecule is CCc1nc2cccc(F)c2c(=O)n1-c1ccc(OC2CCN(C3CCC3)CC2)cc1. The summed E-state index contributed by atoms with van der Waals surface area (Å²) in [5.74, 6) is 0.872. The fraction of sp³-hybridized carbons (Fsp3) is 0.440. The highest BCUT2D eigenvalue weighted by molar-refractivity contribution is 5.78. The molecule has 1 saturated heterocycles. The number of nitrogens with zero attached hydrogens (tertiary/aromatic N) is 3. The summed E-state index contributed by atoms with van der Waals surface area (Å²) in [6.45, 7) is 4.16. The van der Waals surface area contributed by atoms with E-state index in [4.69, 9.17) is 4.74 Å². The standard InChI is InChI=1S/C25H28FN3O2/c1-2-23-27-22-8-4-7-21(26)24(22)25(30)29(23)18-9-11-19(12-10-18)31-20-13-15-28(16-14-20)17-5-3-6-17/h4,7-12,17,20H,2-3,5-6,13-16H2,1H3. The number of benzene rings is 2. The van der Waals surface area contributed by atoms with Crippen LogP contribution in [0.5, 0.6) is 5.75 Å². The molecule has 3 aromatic rings. The number of piperidine rings is 1. The molecule has 1 aliphatic heterocycles. The largest absolute Gasteiger partial charge is 0.490 e. The van der Waals surface area contributed by atoms with Crippen molar-refractivity contribution in [3.63, 3.8) is 0 Å². The highest BCUT2D eigenvalue weighted by Gasteiger charge is 2.29. The maximum Gasteiger partial charge on any atom is 0.268 e. The summed E-state index contributed by atoms with van der Waals surface area (Å²) in [4.78, 5) is 20.2. The normalized spacial score (nSPS) is 18.3. The van der Waals surface area contributed by atoms with Crippen molar-refractivity contribution in [2.24, 2.45) is 0 Å². The Labute approximate surface area is 181 Å². The molecule has 2 aliphatic rings. The lowest BCUT2D eigenvalue weighted by Gasteiger charge is -2.41. The van der Waals surface area contributed by atoms with Gasteiger partial charge >= 0.3 is 0 Å². The number of hydrogen-bond acceptors (Lipinski definition) is 4. The molecule has 2 fully saturated rings. The fourth-order valence-electron chi connectivity index (χ4n) is 4.72. The molecule has 0 bridgehead atoms. The topological polar surface area (TPSA) is 47.4 Å². The first kappa shape index (κ1) is 20.2. The summed E-state index contributed by atoms with van der Waals surface area (Å²) in [6.07, 6.45) is 6.96. The molecule has 0 amide bonds. The molecule has 6 heteroatoms. The second-order valence-electron chi connectivity index (χ2n) is 8.59. The molecule has 1 saturated carbocycles. The van der Waals surface area contributed by atoms with Gasteiger partial charge in [-0.25, -0.2) is 9.37 Å². The summed E-state index contributed by atoms with van der Waals surface area (Å²) in [5.41, 5.74) is 0.690. The zero-order valence-corrected chi connectivity index (χ0v) is 17.9. The van der Waals surface area contributed by atoms with Crippen LogP contribution in [0.1, 0.15) is 44.9 Å². The summed E-state index contributed by atoms with van der Waals surface area (Å²) in [7, 11) is 0. The van der Waals surface area contributed by atoms with E-state index in [2.05, 4.69) is 9.88 Å². The third-order valence-corrected chi connectivity index (χ3v) is 6.70. The van der Waals surface area contributed by atoms with Gasteiger partial charge in [0.05, 0.1) is 11.2 Å². The van der Waals surface area contributed by atoms with Gasteiger partial charge in [-0.2, -0.15) is 0 Å². The number of fused-ring (bicyclic) bond motifs is 1. The molecule has 0 N–H and O–H groups in total. The van der Waals surface area contributed by atoms with Crippen LogP contribution in [0, 0.1) is 5.82 Å². The predicted octanol–water partition coefficient (Wildman–Crippen LogP) is 4.48. The van der Waals surface area contributed by atoms with Gasteiger partial charge < -0.3 is 9.64 Å². The number of aromatic nitrogens is 2. The van der Waals surface area contributed by atoms with E-state index in [9.17, 15) is 9.18 Å². The van der Waals surface area contributed by atoms with Gasteiger partial charge in [-0.1, -0.05) is 19.4 Å². The Bertz CT molecular complexity index is 1130. The zero-order chi connectivity index (χ0) is 21.4. The average molecular weight is 422 g/mol. The minimum atomic E-state index is -0.542. The molecule has 5 rings (SSSR count). The molecule has 1 aliphatic carbocycles. The van der Waals surface area contributed by atoms with Crippen molar-refractivity contribution in [2.75, 3.05) is 13.1 Å². The summed E-state index contributed by atoms with van der Waals surface area (Å²) < 4.78 is 22.0. The van der Waals surface area contributed by atoms with Crippen molar-refractivity contribution in [1.29, 1.82) is 0 Å². The monoisotopic (exact) mass is 421 g/mol. The Morgan fingerprint density at radius 2 is 1.81 bits per heavy atom. The maximum absolute atomic E-state index is 14.3. The van der Waals surface area contributed by atoms with Gasteiger partial charge in [0.25, 0.3) is 5.56 Å². The van der Waals surface area contributed by atoms with Crippen molar-refractivity contribution in [2.45, 2.75) is 57.6 Å². The molecule has 162 valence electrons. The number of halogens is 1. The number of aryl methyl sites for hydroxylation is 1. The predicted molar refractivity (Wildman–Crippen MR) is 120 cm³/mol. The maximum atomic E-state index is 14.3. The minimum Gasteiger partial charge on any atom is -0.490 e. The first-order valence-electron chi connectivity index (χ1n) is 11.4. The lowest BCUT2D eigenvalue weighted by Crippen LogP contribution is -2.46. The Hall–Kier alpha value is -2.73. The summed E-state index contributed by atoms with van der Waals surface area (Å²) in [6, 6.07) is 12.9. The smallest absolute Gasteiger partial charge is 0.268 e. The Morgan fingerprint density at radius 1 is 1.06 bits per heavy atom. The van der Waals surface area contributed by atoms with Gasteiger partial charge in [0, 0.05) is 25.6 Å². The molecular weight excluding hydrogens is 393 g/mol. The van der Waals surface area contributed by atoms with Gasteiger partial charge in [0.15, 0.2) is 0 Å². The van der Waals surface area contributed by atoms with E-state index in [1.165, 1.54) is 29.9 Å². The van der Waals surface area contributed by atoms with Crippen LogP contribution in [0.4, 0.5) is 4.39 Å². The second-order valence-corrected chi connectivity index (χ2v) is 8.59. The first-order chi connectivity index (χ1) is 15.1. The number of likely N-dealkylation sites (tertiary alicyclic amines) is 1. The van der Waals surface area contributed by atoms with Crippen LogP contribution in [-0.2, 0) is 6.42 Å². The minimum absolute atomic E-state index is 0.0262. The molecule has 31 heavy (non-hydrogen) atoms. The van der Waals surface area contributed by atoms with Crippen molar-refractivity contribution in [3.05, 3.63) is 64.5 Å². The van der Waals surface area contributed by atoms with Crippen molar-refractivity contribution in [1.82, 2.24) is 14.5 Å². The molecule has 2 aromatic carbocycles. The molecule has 2 heterocycles. The van der Waals surface area contributed by atoms with Gasteiger partial charge in [-0.05, 0) is 62.1 Å². The second kappa shape index (κ2) is 8.42. The zero-order valence-electron chi connectivity index (χ0n) is 17.9. The van der Waals surface area contributed by atoms with Crippen molar-refractivity contribution < 1.29 is 9.13 Å². The van der Waals surface area contributed by atoms with Crippen LogP contribution in [0.3, 0.4) is 0 Å². The molecule has 0 radical (unpaired) electrons. The van der Waals surface area contributed by atoms with E-state index in [-0.39, 0.29) is 17.0 Å². The number of ether oxygens (including phenoxy) is 1. The molecule has 0 atom stereocenters. The molecule has 0 unspecified atom stereocenters. The van der Waals surface area contributed by atoms with E-state index in [0.29, 0.717) is 23.4 Å². The molecule has 0 spiro atoms. The third-order valence-electron chi connectivity index (χ3n) is 6.70. The van der Waals surface area contributed by atoms with Gasteiger partial charge in [0.1, 0.15) is 28.9 Å². The van der Waals surface area contributed by atoms with E-state index in [0.717, 1.165) is 37.7 Å². The van der Waals surface area contributed by atoms with Crippen LogP contribution in [0.15, 0.2) is 47.3 Å². The van der Waals surface area contributed by atoms with Crippen molar-refractivity contribution >= 4 is 10.9 Å². The van der Waals surface area contributed by atoms with Crippen LogP contribution in [0.2, 0.25) is 0 Å². The highest BCUT2D eigenvalue weighted by Crippen LogP contribution is 2.29. The highest BCUT2D eigenvalue weighted by atomic mass is 19.1.